The van der Waals surface area contributed by atoms with Crippen LogP contribution in [-0.4, -0.2) is 51.3 Å². The van der Waals surface area contributed by atoms with E-state index in [0.29, 0.717) is 24.9 Å². The Hall–Kier alpha value is -2.16. The SMILES string of the molecule is C=C[C@]1(C)C[C@@H](N(Cc2ccc3c(c2)B(O)OC3)C(=O)O)[C@]2(C)[C@H](C)CC[C@]3(CCC(=O)[C@H]32)[C@@H](C)[C@@H]1O. The van der Waals surface area contributed by atoms with Crippen molar-refractivity contribution in [1.29, 1.82) is 0 Å². The summed E-state index contributed by atoms with van der Waals surface area (Å²) in [7, 11) is -1.01. The van der Waals surface area contributed by atoms with Gasteiger partial charge in [-0.3, -0.25) is 4.79 Å². The van der Waals surface area contributed by atoms with Crippen LogP contribution in [0.2, 0.25) is 0 Å². The van der Waals surface area contributed by atoms with Crippen molar-refractivity contribution in [3.05, 3.63) is 42.0 Å². The predicted molar refractivity (Wildman–Crippen MR) is 141 cm³/mol. The van der Waals surface area contributed by atoms with Gasteiger partial charge >= 0.3 is 13.2 Å². The third-order valence-electron chi connectivity index (χ3n) is 11.2. The second-order valence-electron chi connectivity index (χ2n) is 12.7. The fourth-order valence-corrected chi connectivity index (χ4v) is 8.68. The average Bonchev–Trinajstić information content (AvgIpc) is 3.42. The van der Waals surface area contributed by atoms with Gasteiger partial charge in [0.05, 0.1) is 12.7 Å². The Labute approximate surface area is 220 Å². The maximum Gasteiger partial charge on any atom is 0.491 e. The highest BCUT2D eigenvalue weighted by Gasteiger charge is 2.68. The molecular formula is C29H40BNO6. The number of ketones is 1. The number of hydrogen-bond donors (Lipinski definition) is 3. The lowest BCUT2D eigenvalue weighted by molar-refractivity contribution is -0.177. The maximum absolute atomic E-state index is 13.7. The molecule has 0 saturated heterocycles. The largest absolute Gasteiger partial charge is 0.491 e. The number of Topliss-reactive ketones (excluding diaryl/α,β-unsaturated/α-hetero) is 1. The number of hydrogen-bond acceptors (Lipinski definition) is 5. The summed E-state index contributed by atoms with van der Waals surface area (Å²) in [6.45, 7) is 12.9. The Morgan fingerprint density at radius 3 is 2.70 bits per heavy atom. The molecule has 0 radical (unpaired) electrons. The molecule has 3 N–H and O–H groups in total. The van der Waals surface area contributed by atoms with E-state index in [-0.39, 0.29) is 35.5 Å². The topological polar surface area (TPSA) is 107 Å². The number of benzene rings is 1. The van der Waals surface area contributed by atoms with Crippen LogP contribution in [0.5, 0.6) is 0 Å². The van der Waals surface area contributed by atoms with Gasteiger partial charge in [0.15, 0.2) is 0 Å². The van der Waals surface area contributed by atoms with Gasteiger partial charge in [-0.05, 0) is 59.5 Å². The second kappa shape index (κ2) is 8.96. The highest BCUT2D eigenvalue weighted by Crippen LogP contribution is 2.68. The van der Waals surface area contributed by atoms with E-state index in [1.807, 2.05) is 25.1 Å². The summed E-state index contributed by atoms with van der Waals surface area (Å²) in [6, 6.07) is 5.09. The summed E-state index contributed by atoms with van der Waals surface area (Å²) in [4.78, 5) is 28.2. The van der Waals surface area contributed by atoms with E-state index >= 15 is 0 Å². The highest BCUT2D eigenvalue weighted by atomic mass is 16.5. The quantitative estimate of drug-likeness (QED) is 0.422. The molecule has 0 unspecified atom stereocenters. The zero-order valence-electron chi connectivity index (χ0n) is 22.4. The van der Waals surface area contributed by atoms with E-state index < -0.39 is 36.2 Å². The summed E-state index contributed by atoms with van der Waals surface area (Å²) >= 11 is 0. The van der Waals surface area contributed by atoms with Crippen LogP contribution in [0.1, 0.15) is 70.9 Å². The van der Waals surface area contributed by atoms with E-state index in [4.69, 9.17) is 4.65 Å². The van der Waals surface area contributed by atoms with Gasteiger partial charge in [0, 0.05) is 35.8 Å². The van der Waals surface area contributed by atoms with Crippen LogP contribution in [0.4, 0.5) is 4.79 Å². The van der Waals surface area contributed by atoms with Gasteiger partial charge in [-0.2, -0.15) is 0 Å². The molecule has 5 rings (SSSR count). The van der Waals surface area contributed by atoms with Crippen molar-refractivity contribution in [2.75, 3.05) is 0 Å². The number of fused-ring (bicyclic) bond motifs is 1. The van der Waals surface area contributed by atoms with E-state index in [1.165, 1.54) is 4.90 Å². The van der Waals surface area contributed by atoms with Crippen molar-refractivity contribution in [1.82, 2.24) is 4.90 Å². The number of carboxylic acid groups (broad SMARTS) is 1. The third kappa shape index (κ3) is 3.74. The molecule has 0 spiro atoms. The molecule has 7 nitrogen and oxygen atoms in total. The molecule has 37 heavy (non-hydrogen) atoms. The monoisotopic (exact) mass is 509 g/mol. The van der Waals surface area contributed by atoms with Gasteiger partial charge in [-0.15, -0.1) is 6.58 Å². The first kappa shape index (κ1) is 26.5. The fraction of sp³-hybridized carbons (Fsp3) is 0.655. The molecule has 200 valence electrons. The molecule has 2 bridgehead atoms. The number of carbonyl (C=O) groups excluding carboxylic acids is 1. The van der Waals surface area contributed by atoms with Crippen LogP contribution < -0.4 is 5.46 Å². The lowest BCUT2D eigenvalue weighted by Gasteiger charge is -2.63. The van der Waals surface area contributed by atoms with Crippen LogP contribution in [0.15, 0.2) is 30.9 Å². The fourth-order valence-electron chi connectivity index (χ4n) is 8.68. The molecule has 1 aromatic rings. The van der Waals surface area contributed by atoms with Gasteiger partial charge in [-0.1, -0.05) is 52.0 Å². The normalized spacial score (nSPS) is 41.0. The minimum Gasteiger partial charge on any atom is -0.465 e. The lowest BCUT2D eigenvalue weighted by Crippen LogP contribution is -2.66. The first-order valence-electron chi connectivity index (χ1n) is 13.6. The molecule has 1 heterocycles. The molecule has 3 aliphatic carbocycles. The summed E-state index contributed by atoms with van der Waals surface area (Å²) in [6.07, 6.45) is 3.38. The van der Waals surface area contributed by atoms with Crippen molar-refractivity contribution < 1.29 is 29.5 Å². The zero-order valence-corrected chi connectivity index (χ0v) is 22.4. The number of carbonyl (C=O) groups is 2. The van der Waals surface area contributed by atoms with E-state index in [1.54, 1.807) is 6.08 Å². The molecule has 1 amide bonds. The van der Waals surface area contributed by atoms with Crippen molar-refractivity contribution in [2.24, 2.45) is 34.0 Å². The van der Waals surface area contributed by atoms with E-state index in [9.17, 15) is 24.8 Å². The minimum atomic E-state index is -1.05. The average molecular weight is 509 g/mol. The van der Waals surface area contributed by atoms with E-state index in [0.717, 1.165) is 30.4 Å². The number of nitrogens with zero attached hydrogens (tertiary/aromatic N) is 1. The minimum absolute atomic E-state index is 0.101. The maximum atomic E-state index is 13.7. The van der Waals surface area contributed by atoms with Gasteiger partial charge in [0.1, 0.15) is 5.78 Å². The standard InChI is InChI=1S/C29H40BNO6/c1-6-27(4)14-23(31(26(34)35)15-19-7-8-20-16-37-30(36)21(20)13-19)28(5)17(2)9-11-29(18(3)25(27)33)12-10-22(32)24(28)29/h6-8,13,17-18,23-25,33,36H,1,9-12,14-16H2,2-5H3,(H,34,35)/t17-,18+,23-,24+,25+,27-,28+,29+/m1/s1. The molecule has 8 heteroatoms. The lowest BCUT2D eigenvalue weighted by atomic mass is 9.43. The molecule has 3 saturated carbocycles. The highest BCUT2D eigenvalue weighted by molar-refractivity contribution is 6.61. The molecule has 1 aliphatic heterocycles. The summed E-state index contributed by atoms with van der Waals surface area (Å²) in [5, 5.41) is 32.6. The first-order chi connectivity index (χ1) is 17.4. The van der Waals surface area contributed by atoms with Gasteiger partial charge in [0.25, 0.3) is 0 Å². The Morgan fingerprint density at radius 1 is 1.30 bits per heavy atom. The molecule has 8 atom stereocenters. The molecule has 3 fully saturated rings. The number of aliphatic hydroxyl groups excluding tert-OH is 1. The molecule has 4 aliphatic rings. The van der Waals surface area contributed by atoms with Crippen LogP contribution in [-0.2, 0) is 22.6 Å². The first-order valence-corrected chi connectivity index (χ1v) is 13.6. The predicted octanol–water partition coefficient (Wildman–Crippen LogP) is 3.75. The van der Waals surface area contributed by atoms with E-state index in [2.05, 4.69) is 27.4 Å². The van der Waals surface area contributed by atoms with Gasteiger partial charge in [0.2, 0.25) is 0 Å². The van der Waals surface area contributed by atoms with Crippen molar-refractivity contribution >= 4 is 24.5 Å². The van der Waals surface area contributed by atoms with Gasteiger partial charge in [-0.25, -0.2) is 4.79 Å². The van der Waals surface area contributed by atoms with Crippen molar-refractivity contribution in [2.45, 2.75) is 85.1 Å². The number of rotatable bonds is 4. The Kier molecular flexibility index (Phi) is 6.40. The Balaban J connectivity index is 1.65. The Morgan fingerprint density at radius 2 is 2.03 bits per heavy atom. The van der Waals surface area contributed by atoms with Crippen LogP contribution in [0, 0.1) is 34.0 Å². The van der Waals surface area contributed by atoms with Crippen LogP contribution in [0.3, 0.4) is 0 Å². The second-order valence-corrected chi connectivity index (χ2v) is 12.7. The van der Waals surface area contributed by atoms with Crippen molar-refractivity contribution in [3.8, 4) is 0 Å². The molecular weight excluding hydrogens is 469 g/mol. The Bertz CT molecular complexity index is 1130. The molecule has 1 aromatic carbocycles. The summed E-state index contributed by atoms with van der Waals surface area (Å²) in [5.41, 5.74) is 0.666. The zero-order chi connectivity index (χ0) is 26.9. The smallest absolute Gasteiger partial charge is 0.465 e. The number of amides is 1. The summed E-state index contributed by atoms with van der Waals surface area (Å²) in [5.74, 6) is -0.0595. The number of aliphatic hydroxyl groups is 1. The summed E-state index contributed by atoms with van der Waals surface area (Å²) < 4.78 is 5.33. The third-order valence-corrected chi connectivity index (χ3v) is 11.2. The van der Waals surface area contributed by atoms with Crippen LogP contribution in [0.25, 0.3) is 0 Å². The van der Waals surface area contributed by atoms with Gasteiger partial charge < -0.3 is 24.8 Å². The molecule has 0 aromatic heterocycles. The van der Waals surface area contributed by atoms with Crippen molar-refractivity contribution in [3.63, 3.8) is 0 Å². The van der Waals surface area contributed by atoms with Crippen LogP contribution >= 0.6 is 0 Å².